The number of allylic oxidation sites excluding steroid dienone is 2. The Balaban J connectivity index is 0.00000344. The fourth-order valence-corrected chi connectivity index (χ4v) is 9.78. The number of anilines is 6. The third-order valence-corrected chi connectivity index (χ3v) is 14.0. The van der Waals surface area contributed by atoms with Crippen LogP contribution in [0.4, 0.5) is 61.7 Å². The van der Waals surface area contributed by atoms with Crippen molar-refractivity contribution in [2.75, 3.05) is 33.0 Å². The first kappa shape index (κ1) is 67.3. The summed E-state index contributed by atoms with van der Waals surface area (Å²) in [5.41, 5.74) is 11.4. The van der Waals surface area contributed by atoms with Gasteiger partial charge in [-0.15, -0.1) is 10.2 Å². The normalized spacial score (nSPS) is 14.3. The number of carbonyl (C=O) groups excluding carboxylic acids is 3. The topological polar surface area (TPSA) is 454 Å². The van der Waals surface area contributed by atoms with Gasteiger partial charge in [-0.25, -0.2) is 38.5 Å². The molecule has 0 radical (unpaired) electrons. The van der Waals surface area contributed by atoms with Gasteiger partial charge in [0.1, 0.15) is 63.3 Å². The molecule has 2 amide bonds. The summed E-state index contributed by atoms with van der Waals surface area (Å²) in [6.07, 6.45) is 1.30. The average Bonchev–Trinajstić information content (AvgIpc) is 3.35. The first-order valence-electron chi connectivity index (χ1n) is 21.0. The van der Waals surface area contributed by atoms with Gasteiger partial charge in [-0.2, -0.15) is 20.4 Å². The first-order valence-corrected chi connectivity index (χ1v) is 26.6. The van der Waals surface area contributed by atoms with E-state index in [1.165, 1.54) is 72.8 Å². The van der Waals surface area contributed by atoms with E-state index in [1.807, 2.05) is 0 Å². The van der Waals surface area contributed by atoms with Crippen molar-refractivity contribution in [3.05, 3.63) is 153 Å². The third-order valence-electron chi connectivity index (χ3n) is 10.6. The number of urea groups is 1. The molecule has 0 atom stereocenters. The molecule has 6 aromatic carbocycles. The number of hydrogen-bond donors (Lipinski definition) is 6. The zero-order valence-corrected chi connectivity index (χ0v) is 53.1. The number of nitrogen functional groups attached to an aromatic ring is 2. The molecule has 2 aliphatic carbocycles. The van der Waals surface area contributed by atoms with Crippen molar-refractivity contribution in [1.29, 1.82) is 0 Å². The van der Waals surface area contributed by atoms with Crippen LogP contribution in [0.2, 0.25) is 0 Å². The summed E-state index contributed by atoms with van der Waals surface area (Å²) in [6.45, 7) is 0. The fraction of sp³-hybridized carbons (Fsp3) is 0. The number of rotatable bonds is 14. The number of hydrogen-bond acceptors (Lipinski definition) is 25. The zero-order chi connectivity index (χ0) is 54.9. The van der Waals surface area contributed by atoms with E-state index in [2.05, 4.69) is 52.1 Å². The number of carbonyl (C=O) groups is 3. The van der Waals surface area contributed by atoms with Gasteiger partial charge in [-0.3, -0.25) is 20.4 Å². The van der Waals surface area contributed by atoms with Crippen LogP contribution in [0.25, 0.3) is 12.2 Å². The smallest absolute Gasteiger partial charge is 0.744 e. The monoisotopic (exact) mass is 1200 g/mol. The minimum atomic E-state index is -5.45. The van der Waals surface area contributed by atoms with E-state index in [0.29, 0.717) is 35.7 Å². The van der Waals surface area contributed by atoms with Crippen molar-refractivity contribution >= 4 is 139 Å². The molecule has 8 rings (SSSR count). The largest absolute Gasteiger partial charge is 1.00 e. The van der Waals surface area contributed by atoms with Crippen LogP contribution in [0.3, 0.4) is 0 Å². The third kappa shape index (κ3) is 15.7. The molecule has 0 unspecified atom stereocenters. The summed E-state index contributed by atoms with van der Waals surface area (Å²) in [4.78, 5) is 35.8. The molecule has 0 bridgehead atoms. The standard InChI is InChI=1S/C45H34N12O15S4.4Na/c46-37-35-23(21-33(75(67,68)69)41(43(35)58)56-50-27-7-3-1-4-8-27)19-31(73(61,62)63)39(37)54-52-29-15-11-25(12-16-29)48-45(60)49-26-13-17-30(18-14-26)53-55-40-32(74(64,65)66)20-24-22-34(76(70,71)72)42(44(59)36(24)38(40)47)57-51-28-9-5-2-6-10-28;;;;/h1-22,50-51H,46-47H2,(H2,48,49,60)(H,61,62,63)(H,64,65,66)(H,67,68,69)(H,70,71,72);;;;/q;4*+1/p-4/b54-52?,55-53?,56-41+,57-42+;;;;. The molecule has 0 saturated carbocycles. The van der Waals surface area contributed by atoms with E-state index >= 15 is 0 Å². The molecule has 35 heteroatoms. The maximum absolute atomic E-state index is 13.7. The second kappa shape index (κ2) is 27.2. The SMILES string of the molecule is Nc1c(N=Nc2ccc(NC(=O)Nc3ccc(N=Nc4c(S(=O)(=O)[O-])cc5c(c4N)C(=O)/C(=N/Nc4ccccc4)C(S(=O)(=O)[O-])=C5)cc3)cc2)c(S(=O)(=O)[O-])cc2c1C(=O)/C(=N/Nc1ccccc1)C(S(=O)(=O)[O-])=C2.[Na+].[Na+].[Na+].[Na+]. The molecule has 2 aliphatic rings. The van der Waals surface area contributed by atoms with Crippen molar-refractivity contribution in [3.63, 3.8) is 0 Å². The van der Waals surface area contributed by atoms with Gasteiger partial charge in [0.2, 0.25) is 11.6 Å². The maximum Gasteiger partial charge on any atom is 1.00 e. The van der Waals surface area contributed by atoms with Crippen molar-refractivity contribution in [3.8, 4) is 0 Å². The van der Waals surface area contributed by atoms with Crippen molar-refractivity contribution < 1.29 is 184 Å². The average molecular weight is 1200 g/mol. The Morgan fingerprint density at radius 1 is 0.438 bits per heavy atom. The van der Waals surface area contributed by atoms with Gasteiger partial charge in [-0.1, -0.05) is 36.4 Å². The number of Topliss-reactive ketones (excluding diaryl/α,β-unsaturated/α-hetero) is 2. The van der Waals surface area contributed by atoms with Crippen LogP contribution in [-0.4, -0.2) is 80.9 Å². The molecule has 0 spiro atoms. The Labute approximate surface area is 543 Å². The minimum Gasteiger partial charge on any atom is -0.744 e. The van der Waals surface area contributed by atoms with Crippen LogP contribution >= 0.6 is 0 Å². The van der Waals surface area contributed by atoms with E-state index in [9.17, 15) is 66.3 Å². The van der Waals surface area contributed by atoms with Crippen LogP contribution in [0.1, 0.15) is 31.8 Å². The predicted molar refractivity (Wildman–Crippen MR) is 271 cm³/mol. The van der Waals surface area contributed by atoms with Crippen molar-refractivity contribution in [1.82, 2.24) is 0 Å². The first-order chi connectivity index (χ1) is 35.8. The van der Waals surface area contributed by atoms with Gasteiger partial charge in [0.15, 0.2) is 0 Å². The Morgan fingerprint density at radius 2 is 0.762 bits per heavy atom. The van der Waals surface area contributed by atoms with Crippen molar-refractivity contribution in [2.24, 2.45) is 30.7 Å². The molecule has 8 N–H and O–H groups in total. The molecular weight excluding hydrogens is 1170 g/mol. The Hall–Kier alpha value is -5.21. The summed E-state index contributed by atoms with van der Waals surface area (Å²) < 4.78 is 148. The number of benzene rings is 6. The molecule has 0 heterocycles. The maximum atomic E-state index is 13.7. The quantitative estimate of drug-likeness (QED) is 0.0195. The summed E-state index contributed by atoms with van der Waals surface area (Å²) >= 11 is 0. The molecular formula is C45H30N12Na4O15S4. The summed E-state index contributed by atoms with van der Waals surface area (Å²) in [5.74, 6) is -2.45. The van der Waals surface area contributed by atoms with Crippen LogP contribution in [0.15, 0.2) is 172 Å². The number of nitrogens with two attached hydrogens (primary N) is 2. The number of para-hydroxylation sites is 2. The van der Waals surface area contributed by atoms with Crippen molar-refractivity contribution in [2.45, 2.75) is 9.79 Å². The van der Waals surface area contributed by atoms with Gasteiger partial charge < -0.3 is 40.3 Å². The molecule has 388 valence electrons. The molecule has 0 saturated heterocycles. The van der Waals surface area contributed by atoms with E-state index in [1.54, 1.807) is 36.4 Å². The van der Waals surface area contributed by atoms with Crippen LogP contribution < -0.4 is 151 Å². The van der Waals surface area contributed by atoms with Gasteiger partial charge in [0, 0.05) is 11.4 Å². The van der Waals surface area contributed by atoms with Crippen LogP contribution in [0, 0.1) is 0 Å². The second-order valence-electron chi connectivity index (χ2n) is 15.6. The van der Waals surface area contributed by atoms with E-state index < -0.39 is 134 Å². The number of amides is 2. The molecule has 0 aromatic heterocycles. The molecule has 80 heavy (non-hydrogen) atoms. The summed E-state index contributed by atoms with van der Waals surface area (Å²) in [7, 11) is -21.7. The fourth-order valence-electron chi connectivity index (χ4n) is 7.17. The zero-order valence-electron chi connectivity index (χ0n) is 41.8. The number of nitrogens with one attached hydrogen (secondary N) is 4. The van der Waals surface area contributed by atoms with Crippen LogP contribution in [-0.2, 0) is 40.5 Å². The number of azo groups is 2. The second-order valence-corrected chi connectivity index (χ2v) is 21.0. The number of nitrogens with zero attached hydrogens (tertiary/aromatic N) is 6. The Morgan fingerprint density at radius 3 is 1.06 bits per heavy atom. The molecule has 0 fully saturated rings. The minimum absolute atomic E-state index is 0. The number of hydrazone groups is 2. The number of ketones is 2. The number of fused-ring (bicyclic) bond motifs is 2. The van der Waals surface area contributed by atoms with Gasteiger partial charge in [0.05, 0.1) is 64.9 Å². The molecule has 27 nitrogen and oxygen atoms in total. The molecule has 0 aliphatic heterocycles. The predicted octanol–water partition coefficient (Wildman–Crippen LogP) is -5.75. The Bertz CT molecular complexity index is 3860. The van der Waals surface area contributed by atoms with Gasteiger partial charge in [-0.05, 0) is 108 Å². The van der Waals surface area contributed by atoms with Crippen LogP contribution in [0.5, 0.6) is 0 Å². The summed E-state index contributed by atoms with van der Waals surface area (Å²) in [5, 5.41) is 28.2. The Kier molecular flexibility index (Phi) is 22.9. The van der Waals surface area contributed by atoms with Gasteiger partial charge in [0.25, 0.3) is 0 Å². The summed E-state index contributed by atoms with van der Waals surface area (Å²) in [6, 6.07) is 26.8. The van der Waals surface area contributed by atoms with E-state index in [0.717, 1.165) is 0 Å². The van der Waals surface area contributed by atoms with E-state index in [-0.39, 0.29) is 141 Å². The molecule has 6 aromatic rings. The van der Waals surface area contributed by atoms with Gasteiger partial charge >= 0.3 is 124 Å². The van der Waals surface area contributed by atoms with E-state index in [4.69, 9.17) is 11.5 Å².